The van der Waals surface area contributed by atoms with Gasteiger partial charge in [-0.1, -0.05) is 19.1 Å². The van der Waals surface area contributed by atoms with E-state index >= 15 is 0 Å². The minimum Gasteiger partial charge on any atom is -0.385 e. The van der Waals surface area contributed by atoms with Crippen LogP contribution < -0.4 is 5.32 Å². The molecule has 0 aromatic heterocycles. The van der Waals surface area contributed by atoms with Gasteiger partial charge in [0.25, 0.3) is 0 Å². The molecule has 0 saturated heterocycles. The molecule has 0 spiro atoms. The summed E-state index contributed by atoms with van der Waals surface area (Å²) < 4.78 is 5.15. The number of fused-ring (bicyclic) bond motifs is 1. The fraction of sp³-hybridized carbons (Fsp3) is 0.600. The van der Waals surface area contributed by atoms with Crippen molar-refractivity contribution in [3.05, 3.63) is 29.3 Å². The molecule has 2 heteroatoms. The van der Waals surface area contributed by atoms with Gasteiger partial charge in [-0.05, 0) is 49.3 Å². The molecule has 1 heterocycles. The fourth-order valence-corrected chi connectivity index (χ4v) is 2.44. The van der Waals surface area contributed by atoms with Crippen molar-refractivity contribution in [2.75, 3.05) is 19.0 Å². The number of rotatable bonds is 4. The second kappa shape index (κ2) is 5.54. The van der Waals surface area contributed by atoms with E-state index in [-0.39, 0.29) is 0 Å². The van der Waals surface area contributed by atoms with Gasteiger partial charge in [-0.15, -0.1) is 0 Å². The second-order valence-electron chi connectivity index (χ2n) is 5.18. The third kappa shape index (κ3) is 3.01. The van der Waals surface area contributed by atoms with Gasteiger partial charge in [0, 0.05) is 25.4 Å². The molecule has 2 nitrogen and oxygen atoms in total. The van der Waals surface area contributed by atoms with Gasteiger partial charge in [-0.25, -0.2) is 0 Å². The van der Waals surface area contributed by atoms with Gasteiger partial charge in [0.15, 0.2) is 0 Å². The third-order valence-electron chi connectivity index (χ3n) is 3.70. The van der Waals surface area contributed by atoms with Gasteiger partial charge in [-0.2, -0.15) is 0 Å². The zero-order valence-corrected chi connectivity index (χ0v) is 11.1. The first kappa shape index (κ1) is 12.4. The highest BCUT2D eigenvalue weighted by Crippen LogP contribution is 2.29. The van der Waals surface area contributed by atoms with Crippen LogP contribution in [0, 0.1) is 0 Å². The van der Waals surface area contributed by atoms with Crippen molar-refractivity contribution in [1.82, 2.24) is 0 Å². The van der Waals surface area contributed by atoms with Crippen LogP contribution in [0.5, 0.6) is 0 Å². The molecule has 17 heavy (non-hydrogen) atoms. The van der Waals surface area contributed by atoms with Gasteiger partial charge in [0.1, 0.15) is 0 Å². The minimum absolute atomic E-state index is 0.583. The Bertz CT molecular complexity index is 375. The number of hydrogen-bond donors (Lipinski definition) is 1. The molecule has 2 unspecified atom stereocenters. The van der Waals surface area contributed by atoms with Crippen molar-refractivity contribution in [3.63, 3.8) is 0 Å². The van der Waals surface area contributed by atoms with Crippen molar-refractivity contribution in [2.45, 2.75) is 45.1 Å². The van der Waals surface area contributed by atoms with Crippen LogP contribution in [0.3, 0.4) is 0 Å². The van der Waals surface area contributed by atoms with Crippen molar-refractivity contribution in [2.24, 2.45) is 0 Å². The van der Waals surface area contributed by atoms with Gasteiger partial charge < -0.3 is 10.1 Å². The molecule has 1 N–H and O–H groups in total. The first-order chi connectivity index (χ1) is 8.20. The summed E-state index contributed by atoms with van der Waals surface area (Å²) in [6, 6.07) is 7.47. The van der Waals surface area contributed by atoms with Crippen molar-refractivity contribution < 1.29 is 4.74 Å². The van der Waals surface area contributed by atoms with Crippen LogP contribution in [0.25, 0.3) is 0 Å². The largest absolute Gasteiger partial charge is 0.385 e. The molecule has 1 aromatic rings. The Morgan fingerprint density at radius 3 is 3.06 bits per heavy atom. The topological polar surface area (TPSA) is 21.3 Å². The maximum absolute atomic E-state index is 5.15. The molecule has 2 atom stereocenters. The van der Waals surface area contributed by atoms with E-state index in [4.69, 9.17) is 4.74 Å². The maximum Gasteiger partial charge on any atom is 0.0467 e. The Morgan fingerprint density at radius 1 is 1.47 bits per heavy atom. The molecular weight excluding hydrogens is 210 g/mol. The van der Waals surface area contributed by atoms with Crippen LogP contribution in [0.1, 0.15) is 43.7 Å². The average molecular weight is 233 g/mol. The van der Waals surface area contributed by atoms with Crippen LogP contribution >= 0.6 is 0 Å². The predicted molar refractivity (Wildman–Crippen MR) is 72.8 cm³/mol. The van der Waals surface area contributed by atoms with E-state index in [2.05, 4.69) is 37.4 Å². The van der Waals surface area contributed by atoms with Gasteiger partial charge in [0.05, 0.1) is 0 Å². The van der Waals surface area contributed by atoms with Crippen molar-refractivity contribution in [3.8, 4) is 0 Å². The monoisotopic (exact) mass is 233 g/mol. The van der Waals surface area contributed by atoms with E-state index in [1.807, 2.05) is 0 Å². The van der Waals surface area contributed by atoms with E-state index in [9.17, 15) is 0 Å². The lowest BCUT2D eigenvalue weighted by Gasteiger charge is -2.25. The smallest absolute Gasteiger partial charge is 0.0467 e. The first-order valence-corrected chi connectivity index (χ1v) is 6.59. The Kier molecular flexibility index (Phi) is 4.06. The van der Waals surface area contributed by atoms with E-state index in [1.54, 1.807) is 7.11 Å². The highest BCUT2D eigenvalue weighted by molar-refractivity contribution is 5.55. The summed E-state index contributed by atoms with van der Waals surface area (Å²) in [7, 11) is 1.77. The van der Waals surface area contributed by atoms with Crippen LogP contribution in [-0.4, -0.2) is 19.8 Å². The summed E-state index contributed by atoms with van der Waals surface area (Å²) in [4.78, 5) is 0. The first-order valence-electron chi connectivity index (χ1n) is 6.59. The highest BCUT2D eigenvalue weighted by Gasteiger charge is 2.15. The molecule has 0 aliphatic carbocycles. The standard InChI is InChI=1S/C15H23NO/c1-11(8-9-17-3)13-6-7-15-14(10-13)5-4-12(2)16-15/h6-7,10-12,16H,4-5,8-9H2,1-3H3. The number of methoxy groups -OCH3 is 1. The second-order valence-corrected chi connectivity index (χ2v) is 5.18. The van der Waals surface area contributed by atoms with Crippen LogP contribution in [0.15, 0.2) is 18.2 Å². The number of ether oxygens (including phenoxy) is 1. The SMILES string of the molecule is COCCC(C)c1ccc2c(c1)CCC(C)N2. The van der Waals surface area contributed by atoms with Gasteiger partial charge in [-0.3, -0.25) is 0 Å². The van der Waals surface area contributed by atoms with Crippen LogP contribution in [0.4, 0.5) is 5.69 Å². The Hall–Kier alpha value is -1.02. The lowest BCUT2D eigenvalue weighted by molar-refractivity contribution is 0.189. The number of benzene rings is 1. The molecule has 0 amide bonds. The lowest BCUT2D eigenvalue weighted by atomic mass is 9.92. The number of aryl methyl sites for hydroxylation is 1. The van der Waals surface area contributed by atoms with Crippen molar-refractivity contribution >= 4 is 5.69 Å². The summed E-state index contributed by atoms with van der Waals surface area (Å²) in [5.41, 5.74) is 4.24. The minimum atomic E-state index is 0.583. The predicted octanol–water partition coefficient (Wildman–Crippen LogP) is 3.57. The van der Waals surface area contributed by atoms with Crippen LogP contribution in [0.2, 0.25) is 0 Å². The van der Waals surface area contributed by atoms with E-state index in [0.29, 0.717) is 12.0 Å². The molecule has 2 rings (SSSR count). The molecule has 1 aliphatic heterocycles. The number of nitrogens with one attached hydrogen (secondary N) is 1. The van der Waals surface area contributed by atoms with Crippen LogP contribution in [-0.2, 0) is 11.2 Å². The number of hydrogen-bond acceptors (Lipinski definition) is 2. The van der Waals surface area contributed by atoms with E-state index < -0.39 is 0 Å². The normalized spacial score (nSPS) is 20.5. The number of anilines is 1. The summed E-state index contributed by atoms with van der Waals surface area (Å²) in [6.07, 6.45) is 3.54. The Morgan fingerprint density at radius 2 is 2.29 bits per heavy atom. The zero-order chi connectivity index (χ0) is 12.3. The molecule has 0 radical (unpaired) electrons. The van der Waals surface area contributed by atoms with E-state index in [1.165, 1.54) is 29.7 Å². The quantitative estimate of drug-likeness (QED) is 0.858. The molecule has 1 aliphatic rings. The molecule has 94 valence electrons. The molecular formula is C15H23NO. The highest BCUT2D eigenvalue weighted by atomic mass is 16.5. The molecule has 0 fully saturated rings. The molecule has 0 saturated carbocycles. The Labute approximate surface area is 104 Å². The average Bonchev–Trinajstić information content (AvgIpc) is 2.35. The maximum atomic E-state index is 5.15. The van der Waals surface area contributed by atoms with Gasteiger partial charge >= 0.3 is 0 Å². The third-order valence-corrected chi connectivity index (χ3v) is 3.70. The fourth-order valence-electron chi connectivity index (χ4n) is 2.44. The lowest BCUT2D eigenvalue weighted by Crippen LogP contribution is -2.22. The van der Waals surface area contributed by atoms with Gasteiger partial charge in [0.2, 0.25) is 0 Å². The molecule has 0 bridgehead atoms. The Balaban J connectivity index is 2.10. The summed E-state index contributed by atoms with van der Waals surface area (Å²) >= 11 is 0. The summed E-state index contributed by atoms with van der Waals surface area (Å²) in [6.45, 7) is 5.37. The van der Waals surface area contributed by atoms with Crippen molar-refractivity contribution in [1.29, 1.82) is 0 Å². The summed E-state index contributed by atoms with van der Waals surface area (Å²) in [5.74, 6) is 0.583. The summed E-state index contributed by atoms with van der Waals surface area (Å²) in [5, 5.41) is 3.54. The van der Waals surface area contributed by atoms with E-state index in [0.717, 1.165) is 13.0 Å². The zero-order valence-electron chi connectivity index (χ0n) is 11.1. The molecule has 1 aromatic carbocycles.